The first-order valence-electron chi connectivity index (χ1n) is 10.5. The average molecular weight is 432 g/mol. The van der Waals surface area contributed by atoms with Gasteiger partial charge in [-0.05, 0) is 75.3 Å². The Balaban J connectivity index is 1.52. The van der Waals surface area contributed by atoms with Gasteiger partial charge in [-0.2, -0.15) is 0 Å². The SMILES string of the molecule is Cc1cccc(C)c1NC(=O)CN(C)C(C)C(=O)Nc1ccc(Oc2ccccc2)cc1. The number of carbonyl (C=O) groups is 2. The number of rotatable bonds is 8. The van der Waals surface area contributed by atoms with Gasteiger partial charge in [0.2, 0.25) is 11.8 Å². The molecular weight excluding hydrogens is 402 g/mol. The van der Waals surface area contributed by atoms with E-state index in [9.17, 15) is 9.59 Å². The van der Waals surface area contributed by atoms with Crippen molar-refractivity contribution >= 4 is 23.2 Å². The van der Waals surface area contributed by atoms with E-state index in [1.54, 1.807) is 43.1 Å². The lowest BCUT2D eigenvalue weighted by atomic mass is 10.1. The van der Waals surface area contributed by atoms with Crippen molar-refractivity contribution < 1.29 is 14.3 Å². The molecule has 166 valence electrons. The number of hydrogen-bond donors (Lipinski definition) is 2. The van der Waals surface area contributed by atoms with Crippen LogP contribution < -0.4 is 15.4 Å². The van der Waals surface area contributed by atoms with E-state index in [1.807, 2.05) is 62.4 Å². The molecule has 0 fully saturated rings. The molecule has 0 bridgehead atoms. The second-order valence-corrected chi connectivity index (χ2v) is 7.83. The summed E-state index contributed by atoms with van der Waals surface area (Å²) in [6, 6.07) is 22.1. The largest absolute Gasteiger partial charge is 0.457 e. The third-order valence-electron chi connectivity index (χ3n) is 5.28. The van der Waals surface area contributed by atoms with Crippen molar-refractivity contribution in [2.45, 2.75) is 26.8 Å². The van der Waals surface area contributed by atoms with Crippen LogP contribution in [-0.4, -0.2) is 36.3 Å². The molecule has 0 aliphatic carbocycles. The maximum Gasteiger partial charge on any atom is 0.241 e. The zero-order chi connectivity index (χ0) is 23.1. The molecule has 0 saturated carbocycles. The number of likely N-dealkylation sites (N-methyl/N-ethyl adjacent to an activating group) is 1. The molecule has 1 unspecified atom stereocenters. The number of carbonyl (C=O) groups excluding carboxylic acids is 2. The van der Waals surface area contributed by atoms with Crippen LogP contribution in [0.15, 0.2) is 72.8 Å². The summed E-state index contributed by atoms with van der Waals surface area (Å²) in [6.07, 6.45) is 0. The quantitative estimate of drug-likeness (QED) is 0.527. The van der Waals surface area contributed by atoms with Gasteiger partial charge in [-0.25, -0.2) is 0 Å². The summed E-state index contributed by atoms with van der Waals surface area (Å²) in [5.41, 5.74) is 3.49. The van der Waals surface area contributed by atoms with Gasteiger partial charge in [0.05, 0.1) is 12.6 Å². The fraction of sp³-hybridized carbons (Fsp3) is 0.231. The minimum atomic E-state index is -0.487. The predicted molar refractivity (Wildman–Crippen MR) is 128 cm³/mol. The van der Waals surface area contributed by atoms with E-state index in [1.165, 1.54) is 0 Å². The number of benzene rings is 3. The lowest BCUT2D eigenvalue weighted by Crippen LogP contribution is -2.43. The van der Waals surface area contributed by atoms with Gasteiger partial charge in [0.25, 0.3) is 0 Å². The Bertz CT molecular complexity index is 1050. The Morgan fingerprint density at radius 1 is 0.844 bits per heavy atom. The molecule has 2 amide bonds. The summed E-state index contributed by atoms with van der Waals surface area (Å²) in [5.74, 6) is 1.08. The van der Waals surface area contributed by atoms with Crippen LogP contribution >= 0.6 is 0 Å². The van der Waals surface area contributed by atoms with Crippen LogP contribution in [-0.2, 0) is 9.59 Å². The molecule has 0 aliphatic heterocycles. The highest BCUT2D eigenvalue weighted by molar-refractivity contribution is 5.96. The summed E-state index contributed by atoms with van der Waals surface area (Å²) in [7, 11) is 1.76. The molecule has 0 spiro atoms. The lowest BCUT2D eigenvalue weighted by molar-refractivity contribution is -0.122. The number of ether oxygens (including phenoxy) is 1. The van der Waals surface area contributed by atoms with Crippen LogP contribution in [0.25, 0.3) is 0 Å². The fourth-order valence-electron chi connectivity index (χ4n) is 3.23. The number of para-hydroxylation sites is 2. The van der Waals surface area contributed by atoms with E-state index in [-0.39, 0.29) is 18.4 Å². The van der Waals surface area contributed by atoms with Crippen molar-refractivity contribution in [2.24, 2.45) is 0 Å². The normalized spacial score (nSPS) is 11.7. The van der Waals surface area contributed by atoms with Crippen LogP contribution in [0.5, 0.6) is 11.5 Å². The van der Waals surface area contributed by atoms with Crippen LogP contribution in [0.1, 0.15) is 18.1 Å². The Labute approximate surface area is 189 Å². The lowest BCUT2D eigenvalue weighted by Gasteiger charge is -2.23. The molecule has 1 atom stereocenters. The zero-order valence-corrected chi connectivity index (χ0v) is 18.9. The van der Waals surface area contributed by atoms with Crippen LogP contribution in [0, 0.1) is 13.8 Å². The van der Waals surface area contributed by atoms with Gasteiger partial charge in [0.15, 0.2) is 0 Å². The zero-order valence-electron chi connectivity index (χ0n) is 18.9. The summed E-state index contributed by atoms with van der Waals surface area (Å²) in [6.45, 7) is 5.79. The van der Waals surface area contributed by atoms with Gasteiger partial charge < -0.3 is 15.4 Å². The minimum Gasteiger partial charge on any atom is -0.457 e. The monoisotopic (exact) mass is 431 g/mol. The van der Waals surface area contributed by atoms with Crippen molar-refractivity contribution in [3.63, 3.8) is 0 Å². The van der Waals surface area contributed by atoms with Crippen molar-refractivity contribution in [2.75, 3.05) is 24.2 Å². The molecule has 3 aromatic rings. The number of nitrogens with zero attached hydrogens (tertiary/aromatic N) is 1. The Morgan fingerprint density at radius 3 is 2.06 bits per heavy atom. The maximum atomic E-state index is 12.7. The first kappa shape index (κ1) is 23.0. The van der Waals surface area contributed by atoms with E-state index in [0.29, 0.717) is 11.4 Å². The second-order valence-electron chi connectivity index (χ2n) is 7.83. The van der Waals surface area contributed by atoms with E-state index in [0.717, 1.165) is 22.6 Å². The summed E-state index contributed by atoms with van der Waals surface area (Å²) >= 11 is 0. The molecule has 0 saturated heterocycles. The highest BCUT2D eigenvalue weighted by Crippen LogP contribution is 2.23. The standard InChI is InChI=1S/C26H29N3O3/c1-18-9-8-10-19(2)25(18)28-24(30)17-29(4)20(3)26(31)27-21-13-15-23(16-14-21)32-22-11-6-5-7-12-22/h5-16,20H,17H2,1-4H3,(H,27,31)(H,28,30). The van der Waals surface area contributed by atoms with Crippen molar-refractivity contribution in [1.29, 1.82) is 0 Å². The van der Waals surface area contributed by atoms with Crippen LogP contribution in [0.4, 0.5) is 11.4 Å². The Morgan fingerprint density at radius 2 is 1.44 bits per heavy atom. The van der Waals surface area contributed by atoms with Crippen molar-refractivity contribution in [3.05, 3.63) is 83.9 Å². The number of aryl methyl sites for hydroxylation is 2. The van der Waals surface area contributed by atoms with Gasteiger partial charge in [-0.1, -0.05) is 36.4 Å². The second kappa shape index (κ2) is 10.6. The number of anilines is 2. The number of nitrogens with one attached hydrogen (secondary N) is 2. The smallest absolute Gasteiger partial charge is 0.241 e. The molecule has 0 aliphatic rings. The maximum absolute atomic E-state index is 12.7. The van der Waals surface area contributed by atoms with E-state index in [4.69, 9.17) is 4.74 Å². The molecule has 0 heterocycles. The molecule has 0 aromatic heterocycles. The van der Waals surface area contributed by atoms with Crippen molar-refractivity contribution in [3.8, 4) is 11.5 Å². The van der Waals surface area contributed by atoms with E-state index in [2.05, 4.69) is 10.6 Å². The number of amides is 2. The number of hydrogen-bond acceptors (Lipinski definition) is 4. The summed E-state index contributed by atoms with van der Waals surface area (Å²) in [5, 5.41) is 5.84. The third kappa shape index (κ3) is 6.18. The first-order chi connectivity index (χ1) is 15.3. The van der Waals surface area contributed by atoms with Gasteiger partial charge in [-0.3, -0.25) is 14.5 Å². The molecule has 6 nitrogen and oxygen atoms in total. The van der Waals surface area contributed by atoms with Crippen LogP contribution in [0.2, 0.25) is 0 Å². The highest BCUT2D eigenvalue weighted by atomic mass is 16.5. The Hall–Kier alpha value is -3.64. The first-order valence-corrected chi connectivity index (χ1v) is 10.5. The molecule has 32 heavy (non-hydrogen) atoms. The summed E-state index contributed by atoms with van der Waals surface area (Å²) in [4.78, 5) is 26.9. The van der Waals surface area contributed by atoms with Crippen LogP contribution in [0.3, 0.4) is 0 Å². The molecule has 6 heteroatoms. The highest BCUT2D eigenvalue weighted by Gasteiger charge is 2.21. The Kier molecular flexibility index (Phi) is 7.63. The van der Waals surface area contributed by atoms with E-state index >= 15 is 0 Å². The third-order valence-corrected chi connectivity index (χ3v) is 5.28. The minimum absolute atomic E-state index is 0.103. The molecular formula is C26H29N3O3. The molecule has 3 rings (SSSR count). The average Bonchev–Trinajstić information content (AvgIpc) is 2.78. The van der Waals surface area contributed by atoms with Gasteiger partial charge in [0, 0.05) is 11.4 Å². The van der Waals surface area contributed by atoms with Crippen molar-refractivity contribution in [1.82, 2.24) is 4.90 Å². The molecule has 3 aromatic carbocycles. The van der Waals surface area contributed by atoms with Gasteiger partial charge in [-0.15, -0.1) is 0 Å². The van der Waals surface area contributed by atoms with Gasteiger partial charge in [0.1, 0.15) is 11.5 Å². The fourth-order valence-corrected chi connectivity index (χ4v) is 3.23. The molecule has 2 N–H and O–H groups in total. The molecule has 0 radical (unpaired) electrons. The predicted octanol–water partition coefficient (Wildman–Crippen LogP) is 4.99. The topological polar surface area (TPSA) is 70.7 Å². The van der Waals surface area contributed by atoms with Gasteiger partial charge >= 0.3 is 0 Å². The summed E-state index contributed by atoms with van der Waals surface area (Å²) < 4.78 is 5.77. The van der Waals surface area contributed by atoms with E-state index < -0.39 is 6.04 Å².